The summed E-state index contributed by atoms with van der Waals surface area (Å²) >= 11 is 1.21. The Kier molecular flexibility index (Phi) is 7.78. The molecule has 1 aromatic rings. The van der Waals surface area contributed by atoms with Crippen molar-refractivity contribution in [3.63, 3.8) is 0 Å². The predicted molar refractivity (Wildman–Crippen MR) is 102 cm³/mol. The summed E-state index contributed by atoms with van der Waals surface area (Å²) in [6.07, 6.45) is 0.742. The number of carbonyl (C=O) groups is 2. The van der Waals surface area contributed by atoms with E-state index in [1.54, 1.807) is 17.5 Å². The van der Waals surface area contributed by atoms with Gasteiger partial charge in [0.25, 0.3) is 15.9 Å². The van der Waals surface area contributed by atoms with E-state index in [1.807, 2.05) is 13.8 Å². The van der Waals surface area contributed by atoms with Crippen LogP contribution in [0.4, 0.5) is 0 Å². The standard InChI is InChI=1S/C17H27N3O5S2/c1-4-13(2)16(17(22)25-3)18-14(21)12-19-7-9-20(10-8-19)27(23,24)15-6-5-11-26-15/h5-6,11,13,16H,4,7-10,12H2,1-3H3,(H,18,21)/p+1/t13-,16-/m1/s1. The van der Waals surface area contributed by atoms with Gasteiger partial charge in [0, 0.05) is 0 Å². The van der Waals surface area contributed by atoms with Crippen LogP contribution in [0.5, 0.6) is 0 Å². The fourth-order valence-corrected chi connectivity index (χ4v) is 5.59. The molecule has 2 heterocycles. The molecule has 2 rings (SSSR count). The molecule has 8 nitrogen and oxygen atoms in total. The average Bonchev–Trinajstić information content (AvgIpc) is 3.21. The van der Waals surface area contributed by atoms with Gasteiger partial charge in [-0.05, 0) is 17.4 Å². The first-order chi connectivity index (χ1) is 12.8. The zero-order chi connectivity index (χ0) is 20.0. The summed E-state index contributed by atoms with van der Waals surface area (Å²) in [4.78, 5) is 25.2. The van der Waals surface area contributed by atoms with Crippen molar-refractivity contribution in [1.29, 1.82) is 0 Å². The van der Waals surface area contributed by atoms with E-state index in [2.05, 4.69) is 5.32 Å². The van der Waals surface area contributed by atoms with Crippen LogP contribution in [0, 0.1) is 5.92 Å². The van der Waals surface area contributed by atoms with Crippen molar-refractivity contribution < 1.29 is 27.6 Å². The first-order valence-electron chi connectivity index (χ1n) is 9.04. The van der Waals surface area contributed by atoms with Crippen LogP contribution in [-0.4, -0.2) is 70.5 Å². The van der Waals surface area contributed by atoms with Crippen molar-refractivity contribution >= 4 is 33.2 Å². The van der Waals surface area contributed by atoms with Gasteiger partial charge in [0.2, 0.25) is 0 Å². The van der Waals surface area contributed by atoms with Crippen molar-refractivity contribution in [3.05, 3.63) is 17.5 Å². The number of ether oxygens (including phenoxy) is 1. The molecule has 1 aliphatic rings. The summed E-state index contributed by atoms with van der Waals surface area (Å²) in [6, 6.07) is 2.67. The SMILES string of the molecule is CC[C@@H](C)[C@@H](NC(=O)C[NH+]1CCN(S(=O)(=O)c2cccs2)CC1)C(=O)OC. The van der Waals surface area contributed by atoms with Crippen LogP contribution in [0.25, 0.3) is 0 Å². The molecule has 1 fully saturated rings. The van der Waals surface area contributed by atoms with Crippen LogP contribution in [0.2, 0.25) is 0 Å². The van der Waals surface area contributed by atoms with Crippen LogP contribution in [0.1, 0.15) is 20.3 Å². The van der Waals surface area contributed by atoms with Gasteiger partial charge in [0.05, 0.1) is 33.3 Å². The summed E-state index contributed by atoms with van der Waals surface area (Å²) < 4.78 is 31.7. The number of esters is 1. The number of nitrogens with zero attached hydrogens (tertiary/aromatic N) is 1. The molecule has 1 amide bonds. The van der Waals surface area contributed by atoms with E-state index >= 15 is 0 Å². The van der Waals surface area contributed by atoms with E-state index in [1.165, 1.54) is 22.8 Å². The number of rotatable bonds is 8. The summed E-state index contributed by atoms with van der Waals surface area (Å²) in [6.45, 7) is 5.88. The Morgan fingerprint density at radius 2 is 2.04 bits per heavy atom. The minimum Gasteiger partial charge on any atom is -0.467 e. The van der Waals surface area contributed by atoms with E-state index < -0.39 is 22.0 Å². The molecule has 0 unspecified atom stereocenters. The molecule has 10 heteroatoms. The van der Waals surface area contributed by atoms with E-state index in [0.29, 0.717) is 30.4 Å². The maximum absolute atomic E-state index is 12.5. The third kappa shape index (κ3) is 5.50. The molecule has 1 aromatic heterocycles. The number of methoxy groups -OCH3 is 1. The molecular formula is C17H28N3O5S2+. The molecule has 2 atom stereocenters. The lowest BCUT2D eigenvalue weighted by molar-refractivity contribution is -0.895. The van der Waals surface area contributed by atoms with Crippen molar-refractivity contribution in [1.82, 2.24) is 9.62 Å². The van der Waals surface area contributed by atoms with Gasteiger partial charge in [-0.25, -0.2) is 13.2 Å². The molecule has 0 aliphatic carbocycles. The summed E-state index contributed by atoms with van der Waals surface area (Å²) in [5.74, 6) is -0.695. The smallest absolute Gasteiger partial charge is 0.328 e. The highest BCUT2D eigenvalue weighted by Crippen LogP contribution is 2.20. The second-order valence-corrected chi connectivity index (χ2v) is 9.83. The monoisotopic (exact) mass is 418 g/mol. The maximum Gasteiger partial charge on any atom is 0.328 e. The Morgan fingerprint density at radius 3 is 2.56 bits per heavy atom. The Labute approximate surface area is 164 Å². The van der Waals surface area contributed by atoms with Crippen LogP contribution in [0.15, 0.2) is 21.7 Å². The fraction of sp³-hybridized carbons (Fsp3) is 0.647. The van der Waals surface area contributed by atoms with E-state index in [0.717, 1.165) is 11.3 Å². The molecule has 1 saturated heterocycles. The van der Waals surface area contributed by atoms with Crippen LogP contribution in [-0.2, 0) is 24.3 Å². The van der Waals surface area contributed by atoms with Crippen LogP contribution >= 0.6 is 11.3 Å². The molecule has 152 valence electrons. The molecular weight excluding hydrogens is 390 g/mol. The lowest BCUT2D eigenvalue weighted by Crippen LogP contribution is -3.15. The molecule has 27 heavy (non-hydrogen) atoms. The largest absolute Gasteiger partial charge is 0.467 e. The lowest BCUT2D eigenvalue weighted by atomic mass is 9.99. The van der Waals surface area contributed by atoms with Crippen molar-refractivity contribution in [2.24, 2.45) is 5.92 Å². The lowest BCUT2D eigenvalue weighted by Gasteiger charge is -2.31. The summed E-state index contributed by atoms with van der Waals surface area (Å²) in [7, 11) is -2.13. The van der Waals surface area contributed by atoms with Crippen molar-refractivity contribution in [3.8, 4) is 0 Å². The highest BCUT2D eigenvalue weighted by Gasteiger charge is 2.33. The predicted octanol–water partition coefficient (Wildman–Crippen LogP) is -0.659. The average molecular weight is 419 g/mol. The quantitative estimate of drug-likeness (QED) is 0.547. The number of carbonyl (C=O) groups excluding carboxylic acids is 2. The van der Waals surface area contributed by atoms with E-state index in [9.17, 15) is 18.0 Å². The third-order valence-electron chi connectivity index (χ3n) is 4.91. The second-order valence-electron chi connectivity index (χ2n) is 6.72. The fourth-order valence-electron chi connectivity index (χ4n) is 3.00. The Balaban J connectivity index is 1.87. The number of quaternary nitrogens is 1. The van der Waals surface area contributed by atoms with Gasteiger partial charge >= 0.3 is 5.97 Å². The van der Waals surface area contributed by atoms with Crippen molar-refractivity contribution in [2.75, 3.05) is 39.8 Å². The Bertz CT molecular complexity index is 728. The summed E-state index contributed by atoms with van der Waals surface area (Å²) in [5, 5.41) is 4.51. The number of nitrogens with one attached hydrogen (secondary N) is 2. The number of sulfonamides is 1. The highest BCUT2D eigenvalue weighted by atomic mass is 32.2. The zero-order valence-corrected chi connectivity index (χ0v) is 17.6. The van der Waals surface area contributed by atoms with Crippen molar-refractivity contribution in [2.45, 2.75) is 30.5 Å². The molecule has 0 radical (unpaired) electrons. The van der Waals surface area contributed by atoms with Crippen LogP contribution in [0.3, 0.4) is 0 Å². The number of amides is 1. The molecule has 0 spiro atoms. The Hall–Kier alpha value is -1.49. The first kappa shape index (κ1) is 21.8. The summed E-state index contributed by atoms with van der Waals surface area (Å²) in [5.41, 5.74) is 0. The number of thiophene rings is 1. The van der Waals surface area contributed by atoms with Gasteiger partial charge in [0.15, 0.2) is 6.54 Å². The third-order valence-corrected chi connectivity index (χ3v) is 8.19. The first-order valence-corrected chi connectivity index (χ1v) is 11.4. The van der Waals surface area contributed by atoms with Crippen LogP contribution < -0.4 is 10.2 Å². The molecule has 0 saturated carbocycles. The van der Waals surface area contributed by atoms with E-state index in [4.69, 9.17) is 4.74 Å². The normalized spacial score (nSPS) is 18.6. The highest BCUT2D eigenvalue weighted by molar-refractivity contribution is 7.91. The molecule has 0 aromatic carbocycles. The molecule has 1 aliphatic heterocycles. The number of hydrogen-bond donors (Lipinski definition) is 2. The van der Waals surface area contributed by atoms with Gasteiger partial charge in [-0.15, -0.1) is 11.3 Å². The minimum absolute atomic E-state index is 0.0239. The maximum atomic E-state index is 12.5. The van der Waals surface area contributed by atoms with E-state index in [-0.39, 0.29) is 18.4 Å². The Morgan fingerprint density at radius 1 is 1.37 bits per heavy atom. The number of piperazine rings is 1. The second kappa shape index (κ2) is 9.63. The van der Waals surface area contributed by atoms with Gasteiger partial charge in [-0.1, -0.05) is 26.3 Å². The molecule has 2 N–H and O–H groups in total. The topological polar surface area (TPSA) is 97.2 Å². The molecule has 0 bridgehead atoms. The zero-order valence-electron chi connectivity index (χ0n) is 15.9. The van der Waals surface area contributed by atoms with Gasteiger partial charge < -0.3 is 15.0 Å². The van der Waals surface area contributed by atoms with Gasteiger partial charge in [-0.3, -0.25) is 4.79 Å². The van der Waals surface area contributed by atoms with Gasteiger partial charge in [-0.2, -0.15) is 4.31 Å². The van der Waals surface area contributed by atoms with Gasteiger partial charge in [0.1, 0.15) is 10.3 Å². The number of hydrogen-bond acceptors (Lipinski definition) is 6. The minimum atomic E-state index is -3.44.